The number of amides is 2. The number of rotatable bonds is 8. The smallest absolute Gasteiger partial charge is 0.352 e. The van der Waals surface area contributed by atoms with E-state index in [2.05, 4.69) is 28.4 Å². The maximum Gasteiger partial charge on any atom is 0.352 e. The molecule has 3 aromatic rings. The van der Waals surface area contributed by atoms with E-state index in [4.69, 9.17) is 10.6 Å². The van der Waals surface area contributed by atoms with E-state index in [-0.39, 0.29) is 22.2 Å². The number of aryl methyl sites for hydroxylation is 1. The summed E-state index contributed by atoms with van der Waals surface area (Å²) in [5, 5.41) is 18.8. The van der Waals surface area contributed by atoms with Crippen LogP contribution in [-0.2, 0) is 32.2 Å². The second-order valence-electron chi connectivity index (χ2n) is 8.27. The van der Waals surface area contributed by atoms with Crippen LogP contribution in [0.4, 0.5) is 5.13 Å². The lowest BCUT2D eigenvalue weighted by Crippen LogP contribution is -2.71. The normalized spacial score (nSPS) is 19.6. The molecule has 11 nitrogen and oxygen atoms in total. The van der Waals surface area contributed by atoms with E-state index in [1.165, 1.54) is 28.6 Å². The Kier molecular flexibility index (Phi) is 6.88. The predicted molar refractivity (Wildman–Crippen MR) is 141 cm³/mol. The van der Waals surface area contributed by atoms with Gasteiger partial charge in [-0.3, -0.25) is 14.5 Å². The molecular formula is C23H23N6O5S3+. The number of carboxylic acids is 1. The first-order valence-electron chi connectivity index (χ1n) is 11.3. The number of carboxylic acid groups (broad SMARTS) is 1. The van der Waals surface area contributed by atoms with Crippen LogP contribution in [0.25, 0.3) is 10.2 Å². The molecule has 5 heterocycles. The van der Waals surface area contributed by atoms with Gasteiger partial charge in [-0.05, 0) is 18.6 Å². The van der Waals surface area contributed by atoms with Crippen molar-refractivity contribution in [2.45, 2.75) is 31.3 Å². The Balaban J connectivity index is 1.38. The van der Waals surface area contributed by atoms with Gasteiger partial charge in [0.15, 0.2) is 23.6 Å². The van der Waals surface area contributed by atoms with Crippen LogP contribution in [0.3, 0.4) is 0 Å². The molecule has 0 aromatic carbocycles. The van der Waals surface area contributed by atoms with E-state index >= 15 is 0 Å². The molecule has 1 unspecified atom stereocenters. The Morgan fingerprint density at radius 1 is 1.43 bits per heavy atom. The van der Waals surface area contributed by atoms with Gasteiger partial charge in [-0.15, -0.1) is 23.1 Å². The fourth-order valence-electron chi connectivity index (χ4n) is 4.32. The number of carbonyl (C=O) groups excluding carboxylic acids is 2. The van der Waals surface area contributed by atoms with Crippen LogP contribution in [0.15, 0.2) is 46.2 Å². The van der Waals surface area contributed by atoms with Gasteiger partial charge in [-0.1, -0.05) is 23.4 Å². The van der Waals surface area contributed by atoms with Crippen molar-refractivity contribution >= 4 is 73.3 Å². The lowest BCUT2D eigenvalue weighted by atomic mass is 10.0. The van der Waals surface area contributed by atoms with Crippen LogP contribution in [0.2, 0.25) is 0 Å². The number of thiophene rings is 1. The number of carbonyl (C=O) groups is 3. The van der Waals surface area contributed by atoms with Crippen molar-refractivity contribution in [1.82, 2.24) is 15.2 Å². The molecule has 0 bridgehead atoms. The van der Waals surface area contributed by atoms with Gasteiger partial charge in [0.25, 0.3) is 16.6 Å². The van der Waals surface area contributed by atoms with Gasteiger partial charge in [0.05, 0.1) is 5.39 Å². The van der Waals surface area contributed by atoms with Gasteiger partial charge in [-0.25, -0.2) is 9.78 Å². The number of β-lactam (4-membered cyclic amide) rings is 1. The zero-order valence-electron chi connectivity index (χ0n) is 19.8. The quantitative estimate of drug-likeness (QED) is 0.163. The van der Waals surface area contributed by atoms with Gasteiger partial charge in [0, 0.05) is 27.6 Å². The molecule has 0 aliphatic carbocycles. The summed E-state index contributed by atoms with van der Waals surface area (Å²) in [6.07, 6.45) is 2.84. The molecule has 1 saturated heterocycles. The molecule has 4 N–H and O–H groups in total. The number of aliphatic carboxylic acids is 1. The Bertz CT molecular complexity index is 1480. The first-order valence-corrected chi connectivity index (χ1v) is 14.0. The lowest BCUT2D eigenvalue weighted by molar-refractivity contribution is -0.661. The number of hydrogen-bond donors (Lipinski definition) is 3. The number of nitrogen functional groups attached to an aromatic ring is 1. The van der Waals surface area contributed by atoms with Gasteiger partial charge in [0.2, 0.25) is 0 Å². The van der Waals surface area contributed by atoms with Gasteiger partial charge < -0.3 is 21.0 Å². The van der Waals surface area contributed by atoms with Crippen molar-refractivity contribution in [3.8, 4) is 0 Å². The highest BCUT2D eigenvalue weighted by molar-refractivity contribution is 8.00. The number of nitrogens with zero attached hydrogens (tertiary/aromatic N) is 4. The number of nitrogens with one attached hydrogen (secondary N) is 1. The summed E-state index contributed by atoms with van der Waals surface area (Å²) in [6.45, 7) is 2.44. The number of aromatic nitrogens is 2. The molecule has 37 heavy (non-hydrogen) atoms. The third kappa shape index (κ3) is 4.55. The molecule has 192 valence electrons. The predicted octanol–water partition coefficient (Wildman–Crippen LogP) is 1.58. The standard InChI is InChI=1S/C23H22N6O5S3/c1-3-13-7-11-5-4-6-28(20(11)37-13)8-12-9-35-21-16(19(31)29(21)17(12)22(32)33)26-18(30)15(27-34-2)14-10-36-23(24)25-14/h4-7,10,16,21H,3,8-9H2,1-2H3,(H3-,24,25,26,30,32,33)/p+1/t16?,21-/m0/s1. The van der Waals surface area contributed by atoms with Crippen LogP contribution >= 0.6 is 34.4 Å². The third-order valence-corrected chi connectivity index (χ3v) is 9.35. The summed E-state index contributed by atoms with van der Waals surface area (Å²) < 4.78 is 2.02. The monoisotopic (exact) mass is 559 g/mol. The molecule has 3 aromatic heterocycles. The minimum atomic E-state index is -1.17. The maximum atomic E-state index is 13.1. The number of oxime groups is 1. The van der Waals surface area contributed by atoms with Crippen LogP contribution in [0.1, 0.15) is 17.5 Å². The zero-order chi connectivity index (χ0) is 26.3. The van der Waals surface area contributed by atoms with Gasteiger partial charge in [0.1, 0.15) is 29.9 Å². The van der Waals surface area contributed by atoms with Crippen LogP contribution in [0, 0.1) is 0 Å². The number of hydrogen-bond acceptors (Lipinski definition) is 10. The van der Waals surface area contributed by atoms with Gasteiger partial charge in [-0.2, -0.15) is 4.57 Å². The van der Waals surface area contributed by atoms with Crippen molar-refractivity contribution in [3.05, 3.63) is 51.6 Å². The summed E-state index contributed by atoms with van der Waals surface area (Å²) in [5.74, 6) is -1.93. The Hall–Kier alpha value is -3.49. The number of thiazole rings is 1. The van der Waals surface area contributed by atoms with Crippen molar-refractivity contribution in [1.29, 1.82) is 0 Å². The molecule has 1 fully saturated rings. The maximum absolute atomic E-state index is 13.1. The van der Waals surface area contributed by atoms with Crippen molar-refractivity contribution in [3.63, 3.8) is 0 Å². The van der Waals surface area contributed by atoms with E-state index in [1.54, 1.807) is 16.7 Å². The fourth-order valence-corrected chi connectivity index (χ4v) is 7.27. The molecule has 0 radical (unpaired) electrons. The number of thioether (sulfide) groups is 1. The van der Waals surface area contributed by atoms with Crippen molar-refractivity contribution in [2.24, 2.45) is 5.16 Å². The molecule has 2 aliphatic heterocycles. The SMILES string of the molecule is CCc1cc2ccc[n+](CC3=C(C(=O)O)N4C(=O)C(NC(=O)C(=NOC)c5csc(N)n5)[C@@H]4SC3)c2s1. The van der Waals surface area contributed by atoms with E-state index in [0.717, 1.165) is 28.0 Å². The van der Waals surface area contributed by atoms with Crippen LogP contribution < -0.4 is 15.6 Å². The highest BCUT2D eigenvalue weighted by atomic mass is 32.2. The minimum absolute atomic E-state index is 0.0333. The molecule has 5 rings (SSSR count). The van der Waals surface area contributed by atoms with E-state index in [1.807, 2.05) is 22.9 Å². The minimum Gasteiger partial charge on any atom is -0.477 e. The number of anilines is 1. The molecule has 0 saturated carbocycles. The van der Waals surface area contributed by atoms with Crippen LogP contribution in [0.5, 0.6) is 0 Å². The van der Waals surface area contributed by atoms with Crippen molar-refractivity contribution in [2.75, 3.05) is 18.6 Å². The average molecular weight is 560 g/mol. The Labute approximate surface area is 223 Å². The molecule has 0 spiro atoms. The van der Waals surface area contributed by atoms with E-state index in [9.17, 15) is 19.5 Å². The zero-order valence-corrected chi connectivity index (χ0v) is 22.3. The number of pyridine rings is 1. The summed E-state index contributed by atoms with van der Waals surface area (Å²) >= 11 is 4.23. The van der Waals surface area contributed by atoms with E-state index < -0.39 is 29.2 Å². The fraction of sp³-hybridized carbons (Fsp3) is 0.304. The number of fused-ring (bicyclic) bond motifs is 2. The molecule has 14 heteroatoms. The highest BCUT2D eigenvalue weighted by Gasteiger charge is 2.54. The topological polar surface area (TPSA) is 151 Å². The second-order valence-corrected chi connectivity index (χ2v) is 11.4. The summed E-state index contributed by atoms with van der Waals surface area (Å²) in [6, 6.07) is 5.20. The average Bonchev–Trinajstić information content (AvgIpc) is 3.51. The molecular weight excluding hydrogens is 536 g/mol. The van der Waals surface area contributed by atoms with Crippen LogP contribution in [-0.4, -0.2) is 62.8 Å². The first-order chi connectivity index (χ1) is 17.8. The second kappa shape index (κ2) is 10.1. The highest BCUT2D eigenvalue weighted by Crippen LogP contribution is 2.40. The molecule has 2 atom stereocenters. The third-order valence-electron chi connectivity index (χ3n) is 6.00. The van der Waals surface area contributed by atoms with E-state index in [0.29, 0.717) is 17.9 Å². The summed E-state index contributed by atoms with van der Waals surface area (Å²) in [4.78, 5) is 50.7. The summed E-state index contributed by atoms with van der Waals surface area (Å²) in [7, 11) is 1.29. The molecule has 2 aliphatic rings. The van der Waals surface area contributed by atoms with Crippen molar-refractivity contribution < 1.29 is 28.9 Å². The largest absolute Gasteiger partial charge is 0.477 e. The lowest BCUT2D eigenvalue weighted by Gasteiger charge is -2.49. The Morgan fingerprint density at radius 2 is 2.24 bits per heavy atom. The van der Waals surface area contributed by atoms with Gasteiger partial charge >= 0.3 is 5.97 Å². The first kappa shape index (κ1) is 25.2. The summed E-state index contributed by atoms with van der Waals surface area (Å²) in [5.41, 5.74) is 6.37. The Morgan fingerprint density at radius 3 is 2.92 bits per heavy atom. The molecule has 2 amide bonds. The number of nitrogens with two attached hydrogens (primary N) is 1.